The highest BCUT2D eigenvalue weighted by molar-refractivity contribution is 7.09. The van der Waals surface area contributed by atoms with Crippen molar-refractivity contribution in [2.24, 2.45) is 0 Å². The fraction of sp³-hybridized carbons (Fsp3) is 0.273. The number of benzene rings is 1. The molecule has 1 aliphatic rings. The smallest absolute Gasteiger partial charge is 0.220 e. The zero-order chi connectivity index (χ0) is 19.3. The number of pyridine rings is 1. The zero-order valence-corrected chi connectivity index (χ0v) is 16.2. The van der Waals surface area contributed by atoms with Crippen LogP contribution < -0.4 is 10.1 Å². The minimum absolute atomic E-state index is 0.0229. The minimum atomic E-state index is -0.292. The van der Waals surface area contributed by atoms with Crippen molar-refractivity contribution in [3.8, 4) is 16.9 Å². The summed E-state index contributed by atoms with van der Waals surface area (Å²) in [6.07, 6.45) is 6.01. The third-order valence-corrected chi connectivity index (χ3v) is 5.71. The van der Waals surface area contributed by atoms with Gasteiger partial charge in [-0.2, -0.15) is 0 Å². The molecule has 3 heterocycles. The first kappa shape index (κ1) is 18.6. The Bertz CT molecular complexity index is 945. The van der Waals surface area contributed by atoms with Gasteiger partial charge in [0.25, 0.3) is 0 Å². The van der Waals surface area contributed by atoms with Crippen LogP contribution in [0.2, 0.25) is 0 Å². The molecule has 0 radical (unpaired) electrons. The van der Waals surface area contributed by atoms with Crippen molar-refractivity contribution in [3.05, 3.63) is 70.4 Å². The lowest BCUT2D eigenvalue weighted by molar-refractivity contribution is -0.121. The summed E-state index contributed by atoms with van der Waals surface area (Å²) in [6, 6.07) is 10.8. The van der Waals surface area contributed by atoms with Crippen molar-refractivity contribution in [3.63, 3.8) is 0 Å². The van der Waals surface area contributed by atoms with E-state index in [0.717, 1.165) is 24.0 Å². The molecule has 0 unspecified atom stereocenters. The number of carbonyl (C=O) groups is 1. The van der Waals surface area contributed by atoms with Gasteiger partial charge in [-0.3, -0.25) is 9.78 Å². The van der Waals surface area contributed by atoms with E-state index in [1.54, 1.807) is 23.7 Å². The lowest BCUT2D eigenvalue weighted by Gasteiger charge is -2.13. The van der Waals surface area contributed by atoms with Crippen molar-refractivity contribution >= 4 is 17.2 Å². The number of hydrogen-bond acceptors (Lipinski definition) is 4. The Labute approximate surface area is 167 Å². The highest BCUT2D eigenvalue weighted by atomic mass is 32.1. The summed E-state index contributed by atoms with van der Waals surface area (Å²) in [5.74, 6) is 0.417. The van der Waals surface area contributed by atoms with Crippen molar-refractivity contribution < 1.29 is 13.9 Å². The third-order valence-electron chi connectivity index (χ3n) is 4.77. The fourth-order valence-corrected chi connectivity index (χ4v) is 4.19. The van der Waals surface area contributed by atoms with Crippen molar-refractivity contribution in [2.45, 2.75) is 31.8 Å². The number of aromatic nitrogens is 1. The molecular weight excluding hydrogens is 375 g/mol. The molecule has 28 heavy (non-hydrogen) atoms. The fourth-order valence-electron chi connectivity index (χ4n) is 3.44. The van der Waals surface area contributed by atoms with Crippen LogP contribution in [-0.2, 0) is 17.6 Å². The van der Waals surface area contributed by atoms with Gasteiger partial charge in [-0.15, -0.1) is 11.3 Å². The number of hydrogen-bond donors (Lipinski definition) is 1. The summed E-state index contributed by atoms with van der Waals surface area (Å²) in [7, 11) is 0. The van der Waals surface area contributed by atoms with Gasteiger partial charge in [-0.1, -0.05) is 12.1 Å². The van der Waals surface area contributed by atoms with Gasteiger partial charge in [0.2, 0.25) is 5.91 Å². The Morgan fingerprint density at radius 1 is 1.32 bits per heavy atom. The second kappa shape index (κ2) is 8.52. The quantitative estimate of drug-likeness (QED) is 0.644. The van der Waals surface area contributed by atoms with Gasteiger partial charge < -0.3 is 10.1 Å². The number of aryl methyl sites for hydroxylation is 1. The molecule has 0 saturated heterocycles. The maximum Gasteiger partial charge on any atom is 0.220 e. The second-order valence-corrected chi connectivity index (χ2v) is 7.90. The predicted molar refractivity (Wildman–Crippen MR) is 108 cm³/mol. The highest BCUT2D eigenvalue weighted by Gasteiger charge is 2.27. The summed E-state index contributed by atoms with van der Waals surface area (Å²) in [5.41, 5.74) is 2.35. The molecule has 144 valence electrons. The van der Waals surface area contributed by atoms with E-state index in [4.69, 9.17) is 4.74 Å². The number of nitrogens with zero attached hydrogens (tertiary/aromatic N) is 1. The summed E-state index contributed by atoms with van der Waals surface area (Å²) in [4.78, 5) is 17.5. The van der Waals surface area contributed by atoms with E-state index >= 15 is 0 Å². The number of halogens is 1. The van der Waals surface area contributed by atoms with Gasteiger partial charge in [-0.05, 0) is 42.5 Å². The van der Waals surface area contributed by atoms with Crippen LogP contribution in [0.5, 0.6) is 5.75 Å². The summed E-state index contributed by atoms with van der Waals surface area (Å²) >= 11 is 1.72. The SMILES string of the molecule is O=C(CCCc1cccs1)NC[C@H]1Cc2cc(F)cc(-c3cccnc3)c2O1. The molecule has 4 nitrogen and oxygen atoms in total. The van der Waals surface area contributed by atoms with Crippen LogP contribution in [0.25, 0.3) is 11.1 Å². The maximum atomic E-state index is 14.1. The average Bonchev–Trinajstić information content (AvgIpc) is 3.36. The number of rotatable bonds is 7. The number of fused-ring (bicyclic) bond motifs is 1. The molecule has 4 rings (SSSR count). The van der Waals surface area contributed by atoms with Crippen molar-refractivity contribution in [1.82, 2.24) is 10.3 Å². The Morgan fingerprint density at radius 2 is 2.25 bits per heavy atom. The standard InChI is InChI=1S/C22H21FN2O2S/c23-17-10-16-11-18(14-25-21(26)7-1-5-19-6-3-9-28-19)27-22(16)20(12-17)15-4-2-8-24-13-15/h2-4,6,8-10,12-13,18H,1,5,7,11,14H2,(H,25,26)/t18-/m1/s1. The van der Waals surface area contributed by atoms with E-state index in [-0.39, 0.29) is 17.8 Å². The molecule has 0 bridgehead atoms. The Morgan fingerprint density at radius 3 is 3.04 bits per heavy atom. The van der Waals surface area contributed by atoms with E-state index in [2.05, 4.69) is 16.4 Å². The van der Waals surface area contributed by atoms with E-state index in [9.17, 15) is 9.18 Å². The van der Waals surface area contributed by atoms with E-state index in [1.807, 2.05) is 23.6 Å². The largest absolute Gasteiger partial charge is 0.487 e. The normalized spacial score (nSPS) is 15.1. The van der Waals surface area contributed by atoms with Crippen molar-refractivity contribution in [2.75, 3.05) is 6.54 Å². The molecule has 0 fully saturated rings. The Hall–Kier alpha value is -2.73. The molecule has 0 aliphatic carbocycles. The zero-order valence-electron chi connectivity index (χ0n) is 15.4. The Balaban J connectivity index is 1.33. The van der Waals surface area contributed by atoms with Crippen LogP contribution in [0.15, 0.2) is 54.2 Å². The average molecular weight is 396 g/mol. The number of thiophene rings is 1. The first-order chi connectivity index (χ1) is 13.7. The lowest BCUT2D eigenvalue weighted by Crippen LogP contribution is -2.34. The summed E-state index contributed by atoms with van der Waals surface area (Å²) in [5, 5.41) is 5.00. The monoisotopic (exact) mass is 396 g/mol. The molecule has 1 atom stereocenters. The highest BCUT2D eigenvalue weighted by Crippen LogP contribution is 2.39. The first-order valence-electron chi connectivity index (χ1n) is 9.37. The van der Waals surface area contributed by atoms with Crippen molar-refractivity contribution in [1.29, 1.82) is 0 Å². The molecule has 0 saturated carbocycles. The molecule has 1 aromatic carbocycles. The molecule has 6 heteroatoms. The number of amides is 1. The molecule has 1 N–H and O–H groups in total. The summed E-state index contributed by atoms with van der Waals surface area (Å²) < 4.78 is 20.1. The molecule has 3 aromatic rings. The number of ether oxygens (including phenoxy) is 1. The number of nitrogens with one attached hydrogen (secondary N) is 1. The van der Waals surface area contributed by atoms with E-state index < -0.39 is 0 Å². The maximum absolute atomic E-state index is 14.1. The van der Waals surface area contributed by atoms with Gasteiger partial charge in [0.1, 0.15) is 17.7 Å². The first-order valence-corrected chi connectivity index (χ1v) is 10.3. The van der Waals surface area contributed by atoms with Gasteiger partial charge >= 0.3 is 0 Å². The molecule has 2 aromatic heterocycles. The second-order valence-electron chi connectivity index (χ2n) is 6.86. The predicted octanol–water partition coefficient (Wildman–Crippen LogP) is 4.39. The molecule has 1 aliphatic heterocycles. The van der Waals surface area contributed by atoms with Gasteiger partial charge in [0, 0.05) is 46.8 Å². The molecular formula is C22H21FN2O2S. The Kier molecular flexibility index (Phi) is 5.67. The van der Waals surface area contributed by atoms with Crippen LogP contribution in [-0.4, -0.2) is 23.5 Å². The van der Waals surface area contributed by atoms with Crippen LogP contribution in [0.3, 0.4) is 0 Å². The van der Waals surface area contributed by atoms with E-state index in [0.29, 0.717) is 30.7 Å². The van der Waals surface area contributed by atoms with Crippen LogP contribution in [0, 0.1) is 5.82 Å². The number of carbonyl (C=O) groups excluding carboxylic acids is 1. The summed E-state index contributed by atoms with van der Waals surface area (Å²) in [6.45, 7) is 0.417. The third kappa shape index (κ3) is 4.39. The van der Waals surface area contributed by atoms with Crippen LogP contribution >= 0.6 is 11.3 Å². The van der Waals surface area contributed by atoms with Gasteiger partial charge in [0.15, 0.2) is 0 Å². The van der Waals surface area contributed by atoms with Crippen LogP contribution in [0.4, 0.5) is 4.39 Å². The minimum Gasteiger partial charge on any atom is -0.487 e. The topological polar surface area (TPSA) is 51.2 Å². The van der Waals surface area contributed by atoms with E-state index in [1.165, 1.54) is 17.0 Å². The molecule has 1 amide bonds. The molecule has 0 spiro atoms. The van der Waals surface area contributed by atoms with Crippen LogP contribution in [0.1, 0.15) is 23.3 Å². The van der Waals surface area contributed by atoms with Gasteiger partial charge in [0.05, 0.1) is 6.54 Å². The lowest BCUT2D eigenvalue weighted by atomic mass is 10.0. The van der Waals surface area contributed by atoms with Gasteiger partial charge in [-0.25, -0.2) is 4.39 Å².